The third kappa shape index (κ3) is 2.30. The van der Waals surface area contributed by atoms with Crippen molar-refractivity contribution in [3.8, 4) is 33.9 Å². The van der Waals surface area contributed by atoms with E-state index in [1.807, 2.05) is 0 Å². The summed E-state index contributed by atoms with van der Waals surface area (Å²) >= 11 is 4.47. The first-order chi connectivity index (χ1) is 11.5. The van der Waals surface area contributed by atoms with Crippen LogP contribution in [0.3, 0.4) is 0 Å². The monoisotopic (exact) mass is 336 g/mol. The molecular weight excluding hydrogens is 324 g/mol. The number of hydrogen-bond donors (Lipinski definition) is 3. The lowest BCUT2D eigenvalue weighted by Crippen LogP contribution is -1.99. The highest BCUT2D eigenvalue weighted by Gasteiger charge is 2.19. The summed E-state index contributed by atoms with van der Waals surface area (Å²) in [7, 11) is 0. The van der Waals surface area contributed by atoms with Crippen molar-refractivity contribution >= 4 is 23.6 Å². The number of phenolic OH excluding ortho intramolecular Hbond substituents is 2. The Hall–Kier alpha value is -2.92. The molecule has 0 aromatic heterocycles. The van der Waals surface area contributed by atoms with Crippen LogP contribution in [0.4, 0.5) is 0 Å². The Balaban J connectivity index is 2.20. The summed E-state index contributed by atoms with van der Waals surface area (Å²) in [5.74, 6) is 0.625. The third-order valence-electron chi connectivity index (χ3n) is 3.93. The number of aromatic hydroxyl groups is 2. The smallest absolute Gasteiger partial charge is 0.182 e. The van der Waals surface area contributed by atoms with Gasteiger partial charge in [-0.05, 0) is 48.0 Å². The Labute approximate surface area is 142 Å². The number of benzene rings is 3. The van der Waals surface area contributed by atoms with E-state index in [1.54, 1.807) is 36.4 Å². The van der Waals surface area contributed by atoms with Gasteiger partial charge in [-0.25, -0.2) is 0 Å². The molecule has 0 saturated heterocycles. The minimum atomic E-state index is -0.159. The fraction of sp³-hybridized carbons (Fsp3) is 0. The first-order valence-corrected chi connectivity index (χ1v) is 7.69. The second-order valence-electron chi connectivity index (χ2n) is 5.52. The van der Waals surface area contributed by atoms with E-state index in [9.17, 15) is 15.0 Å². The number of thiol groups is 1. The molecule has 0 atom stereocenters. The van der Waals surface area contributed by atoms with Crippen molar-refractivity contribution in [2.24, 2.45) is 0 Å². The molecule has 0 spiro atoms. The number of rotatable bonds is 1. The van der Waals surface area contributed by atoms with Crippen molar-refractivity contribution in [2.75, 3.05) is 0 Å². The van der Waals surface area contributed by atoms with Crippen molar-refractivity contribution < 1.29 is 14.6 Å². The zero-order chi connectivity index (χ0) is 16.8. The first-order valence-electron chi connectivity index (χ1n) is 7.25. The minimum absolute atomic E-state index is 0.0756. The highest BCUT2D eigenvalue weighted by molar-refractivity contribution is 7.80. The SMILES string of the molecule is O=c1ccc2c(-c3ccc(O)cc3S)c3ccc(O)cc3oc-2c1. The molecule has 0 amide bonds. The van der Waals surface area contributed by atoms with E-state index in [-0.39, 0.29) is 16.9 Å². The second kappa shape index (κ2) is 5.32. The minimum Gasteiger partial charge on any atom is -0.508 e. The van der Waals surface area contributed by atoms with Crippen LogP contribution in [0.15, 0.2) is 68.7 Å². The third-order valence-corrected chi connectivity index (χ3v) is 4.30. The predicted molar refractivity (Wildman–Crippen MR) is 95.1 cm³/mol. The first kappa shape index (κ1) is 14.7. The molecule has 0 saturated carbocycles. The fourth-order valence-electron chi connectivity index (χ4n) is 2.88. The van der Waals surface area contributed by atoms with Crippen LogP contribution in [-0.4, -0.2) is 10.2 Å². The Bertz CT molecular complexity index is 1110. The van der Waals surface area contributed by atoms with E-state index in [0.717, 1.165) is 22.1 Å². The molecule has 118 valence electrons. The molecule has 24 heavy (non-hydrogen) atoms. The van der Waals surface area contributed by atoms with Gasteiger partial charge < -0.3 is 14.6 Å². The lowest BCUT2D eigenvalue weighted by molar-refractivity contribution is 0.473. The van der Waals surface area contributed by atoms with Gasteiger partial charge >= 0.3 is 0 Å². The van der Waals surface area contributed by atoms with Gasteiger partial charge in [-0.15, -0.1) is 12.6 Å². The average molecular weight is 336 g/mol. The molecule has 2 aromatic carbocycles. The highest BCUT2D eigenvalue weighted by atomic mass is 32.1. The van der Waals surface area contributed by atoms with Crippen LogP contribution in [0.25, 0.3) is 33.4 Å². The molecular formula is C19H12O4S. The summed E-state index contributed by atoms with van der Waals surface area (Å²) in [6.45, 7) is 0. The van der Waals surface area contributed by atoms with E-state index in [2.05, 4.69) is 12.6 Å². The molecule has 2 aliphatic rings. The molecule has 1 aliphatic heterocycles. The van der Waals surface area contributed by atoms with Crippen LogP contribution in [0.5, 0.6) is 11.5 Å². The van der Waals surface area contributed by atoms with E-state index in [4.69, 9.17) is 4.42 Å². The van der Waals surface area contributed by atoms with Crippen molar-refractivity contribution in [1.29, 1.82) is 0 Å². The molecule has 0 radical (unpaired) electrons. The molecule has 1 aliphatic carbocycles. The van der Waals surface area contributed by atoms with E-state index >= 15 is 0 Å². The number of phenols is 2. The number of hydrogen-bond acceptors (Lipinski definition) is 5. The maximum Gasteiger partial charge on any atom is 0.182 e. The zero-order valence-electron chi connectivity index (χ0n) is 12.4. The Morgan fingerprint density at radius 3 is 2.33 bits per heavy atom. The second-order valence-corrected chi connectivity index (χ2v) is 6.00. The van der Waals surface area contributed by atoms with Gasteiger partial charge in [0.1, 0.15) is 22.8 Å². The summed E-state index contributed by atoms with van der Waals surface area (Å²) in [4.78, 5) is 12.3. The van der Waals surface area contributed by atoms with Gasteiger partial charge in [0.2, 0.25) is 0 Å². The molecule has 0 bridgehead atoms. The van der Waals surface area contributed by atoms with Gasteiger partial charge in [0.05, 0.1) is 0 Å². The van der Waals surface area contributed by atoms with Crippen LogP contribution in [0.2, 0.25) is 0 Å². The molecule has 5 heteroatoms. The topological polar surface area (TPSA) is 70.7 Å². The van der Waals surface area contributed by atoms with Gasteiger partial charge in [-0.3, -0.25) is 4.79 Å². The highest BCUT2D eigenvalue weighted by Crippen LogP contribution is 2.43. The van der Waals surface area contributed by atoms with Crippen LogP contribution in [-0.2, 0) is 0 Å². The summed E-state index contributed by atoms with van der Waals surface area (Å²) in [5.41, 5.74) is 2.69. The van der Waals surface area contributed by atoms with Crippen LogP contribution in [0, 0.1) is 0 Å². The van der Waals surface area contributed by atoms with E-state index < -0.39 is 0 Å². The quantitative estimate of drug-likeness (QED) is 0.359. The molecule has 2 aromatic rings. The summed E-state index contributed by atoms with van der Waals surface area (Å²) < 4.78 is 5.80. The lowest BCUT2D eigenvalue weighted by Gasteiger charge is -2.16. The molecule has 4 nitrogen and oxygen atoms in total. The maximum absolute atomic E-state index is 11.7. The number of fused-ring (bicyclic) bond motifs is 2. The van der Waals surface area contributed by atoms with E-state index in [1.165, 1.54) is 18.2 Å². The van der Waals surface area contributed by atoms with Crippen molar-refractivity contribution in [1.82, 2.24) is 0 Å². The molecule has 1 heterocycles. The van der Waals surface area contributed by atoms with Gasteiger partial charge in [0, 0.05) is 33.5 Å². The Kier molecular flexibility index (Phi) is 3.25. The van der Waals surface area contributed by atoms with Crippen molar-refractivity contribution in [3.63, 3.8) is 0 Å². The predicted octanol–water partition coefficient (Wildman–Crippen LogP) is 4.26. The summed E-state index contributed by atoms with van der Waals surface area (Å²) in [6.07, 6.45) is 0. The largest absolute Gasteiger partial charge is 0.508 e. The van der Waals surface area contributed by atoms with E-state index in [0.29, 0.717) is 16.2 Å². The Morgan fingerprint density at radius 1 is 0.833 bits per heavy atom. The lowest BCUT2D eigenvalue weighted by atomic mass is 9.93. The fourth-order valence-corrected chi connectivity index (χ4v) is 3.20. The zero-order valence-corrected chi connectivity index (χ0v) is 13.2. The van der Waals surface area contributed by atoms with Crippen molar-refractivity contribution in [3.05, 3.63) is 64.8 Å². The average Bonchev–Trinajstić information content (AvgIpc) is 2.53. The molecule has 4 rings (SSSR count). The maximum atomic E-state index is 11.7. The standard InChI is InChI=1S/C19H12O4S/c20-10-1-4-13-16(7-10)23-17-8-11(21)2-5-14(17)19(13)15-6-3-12(22)9-18(15)24/h1-9,20,22,24H. The van der Waals surface area contributed by atoms with Crippen LogP contribution < -0.4 is 5.43 Å². The van der Waals surface area contributed by atoms with Crippen molar-refractivity contribution in [2.45, 2.75) is 4.90 Å². The van der Waals surface area contributed by atoms with Crippen LogP contribution in [0.1, 0.15) is 0 Å². The normalized spacial score (nSPS) is 11.2. The summed E-state index contributed by atoms with van der Waals surface area (Å²) in [6, 6.07) is 14.4. The molecule has 0 fully saturated rings. The van der Waals surface area contributed by atoms with Gasteiger partial charge in [0.25, 0.3) is 0 Å². The molecule has 0 unspecified atom stereocenters. The molecule has 2 N–H and O–H groups in total. The Morgan fingerprint density at radius 2 is 1.54 bits per heavy atom. The van der Waals surface area contributed by atoms with Crippen LogP contribution >= 0.6 is 12.6 Å². The van der Waals surface area contributed by atoms with Gasteiger partial charge in [-0.1, -0.05) is 0 Å². The van der Waals surface area contributed by atoms with Gasteiger partial charge in [0.15, 0.2) is 5.43 Å². The van der Waals surface area contributed by atoms with Gasteiger partial charge in [-0.2, -0.15) is 0 Å². The summed E-state index contributed by atoms with van der Waals surface area (Å²) in [5, 5.41) is 20.2.